The highest BCUT2D eigenvalue weighted by molar-refractivity contribution is 6.16. The van der Waals surface area contributed by atoms with Crippen LogP contribution in [0.15, 0.2) is 114 Å². The van der Waals surface area contributed by atoms with Gasteiger partial charge in [-0.05, 0) is 85.4 Å². The summed E-state index contributed by atoms with van der Waals surface area (Å²) in [4.78, 5) is 23.9. The van der Waals surface area contributed by atoms with Crippen molar-refractivity contribution >= 4 is 17.8 Å². The summed E-state index contributed by atoms with van der Waals surface area (Å²) in [7, 11) is 0. The minimum absolute atomic E-state index is 0.134. The second-order valence-corrected chi connectivity index (χ2v) is 11.8. The molecule has 1 saturated heterocycles. The summed E-state index contributed by atoms with van der Waals surface area (Å²) in [6.07, 6.45) is 7.60. The average Bonchev–Trinajstić information content (AvgIpc) is 3.55. The minimum Gasteiger partial charge on any atom is -0.303 e. The number of allylic oxidation sites excluding steroid dienone is 1. The Morgan fingerprint density at radius 3 is 1.98 bits per heavy atom. The fourth-order valence-corrected chi connectivity index (χ4v) is 7.00. The predicted octanol–water partition coefficient (Wildman–Crippen LogP) is 6.95. The predicted molar refractivity (Wildman–Crippen MR) is 166 cm³/mol. The van der Waals surface area contributed by atoms with E-state index in [9.17, 15) is 13.6 Å². The molecular formula is C37H33F2N3O. The van der Waals surface area contributed by atoms with Crippen molar-refractivity contribution in [2.75, 3.05) is 26.2 Å². The van der Waals surface area contributed by atoms with Crippen molar-refractivity contribution in [3.05, 3.63) is 149 Å². The number of piperidine rings is 1. The van der Waals surface area contributed by atoms with Crippen LogP contribution in [0.2, 0.25) is 0 Å². The maximum atomic E-state index is 14.6. The van der Waals surface area contributed by atoms with E-state index in [1.165, 1.54) is 35.4 Å². The van der Waals surface area contributed by atoms with Crippen LogP contribution in [0.3, 0.4) is 0 Å². The van der Waals surface area contributed by atoms with Gasteiger partial charge in [-0.2, -0.15) is 0 Å². The number of halogens is 2. The van der Waals surface area contributed by atoms with Crippen molar-refractivity contribution in [3.63, 3.8) is 0 Å². The summed E-state index contributed by atoms with van der Waals surface area (Å²) >= 11 is 0. The van der Waals surface area contributed by atoms with Gasteiger partial charge < -0.3 is 4.90 Å². The molecule has 1 spiro atoms. The number of carbonyl (C=O) groups excluding carboxylic acids is 1. The van der Waals surface area contributed by atoms with E-state index in [2.05, 4.69) is 41.3 Å². The first kappa shape index (κ1) is 27.4. The number of fused-ring (bicyclic) bond motifs is 2. The number of amidine groups is 1. The molecule has 4 aromatic carbocycles. The Bertz CT molecular complexity index is 1640. The molecule has 1 amide bonds. The molecule has 3 aliphatic rings. The van der Waals surface area contributed by atoms with Gasteiger partial charge in [-0.1, -0.05) is 91.0 Å². The Balaban J connectivity index is 1.14. The lowest BCUT2D eigenvalue weighted by Crippen LogP contribution is -2.44. The van der Waals surface area contributed by atoms with E-state index in [4.69, 9.17) is 4.99 Å². The van der Waals surface area contributed by atoms with Crippen LogP contribution in [0.25, 0.3) is 6.08 Å². The van der Waals surface area contributed by atoms with Gasteiger partial charge in [0.05, 0.1) is 0 Å². The van der Waals surface area contributed by atoms with Crippen molar-refractivity contribution in [1.29, 1.82) is 0 Å². The van der Waals surface area contributed by atoms with E-state index in [1.54, 1.807) is 29.2 Å². The number of hydrogen-bond donors (Lipinski definition) is 0. The lowest BCUT2D eigenvalue weighted by Gasteiger charge is -2.39. The van der Waals surface area contributed by atoms with E-state index in [0.717, 1.165) is 44.5 Å². The second-order valence-electron chi connectivity index (χ2n) is 11.8. The molecule has 1 aliphatic carbocycles. The van der Waals surface area contributed by atoms with Crippen LogP contribution in [0, 0.1) is 11.6 Å². The number of nitrogens with zero attached hydrogens (tertiary/aromatic N) is 3. The molecule has 0 bridgehead atoms. The van der Waals surface area contributed by atoms with Crippen LogP contribution in [0.4, 0.5) is 8.78 Å². The number of aliphatic imine (C=N–C) groups is 1. The third kappa shape index (κ3) is 4.80. The van der Waals surface area contributed by atoms with E-state index >= 15 is 0 Å². The van der Waals surface area contributed by atoms with Crippen LogP contribution in [-0.2, 0) is 15.7 Å². The quantitative estimate of drug-likeness (QED) is 0.240. The zero-order valence-electron chi connectivity index (χ0n) is 23.9. The largest absolute Gasteiger partial charge is 0.303 e. The zero-order valence-corrected chi connectivity index (χ0v) is 23.9. The van der Waals surface area contributed by atoms with E-state index in [1.807, 2.05) is 30.3 Å². The van der Waals surface area contributed by atoms with Gasteiger partial charge in [0.2, 0.25) is 0 Å². The van der Waals surface area contributed by atoms with Gasteiger partial charge in [0.15, 0.2) is 5.54 Å². The minimum atomic E-state index is -1.44. The van der Waals surface area contributed by atoms with E-state index in [-0.39, 0.29) is 11.3 Å². The molecule has 0 atom stereocenters. The van der Waals surface area contributed by atoms with Crippen LogP contribution in [0.5, 0.6) is 0 Å². The van der Waals surface area contributed by atoms with Gasteiger partial charge in [-0.15, -0.1) is 0 Å². The van der Waals surface area contributed by atoms with Gasteiger partial charge >= 0.3 is 0 Å². The molecule has 216 valence electrons. The molecule has 0 aromatic heterocycles. The fourth-order valence-electron chi connectivity index (χ4n) is 7.00. The topological polar surface area (TPSA) is 35.9 Å². The Morgan fingerprint density at radius 2 is 1.33 bits per heavy atom. The molecule has 1 fully saturated rings. The van der Waals surface area contributed by atoms with E-state index < -0.39 is 17.2 Å². The second kappa shape index (κ2) is 11.0. The summed E-state index contributed by atoms with van der Waals surface area (Å²) in [5.74, 6) is -0.431. The first-order valence-corrected chi connectivity index (χ1v) is 15.0. The number of likely N-dealkylation sites (tertiary alicyclic amines) is 1. The summed E-state index contributed by atoms with van der Waals surface area (Å²) in [6, 6.07) is 30.2. The molecule has 0 unspecified atom stereocenters. The highest BCUT2D eigenvalue weighted by Crippen LogP contribution is 2.44. The molecule has 4 nitrogen and oxygen atoms in total. The average molecular weight is 574 g/mol. The third-order valence-electron chi connectivity index (χ3n) is 9.32. The maximum absolute atomic E-state index is 14.6. The molecule has 2 aliphatic heterocycles. The molecule has 0 saturated carbocycles. The summed E-state index contributed by atoms with van der Waals surface area (Å²) in [5, 5.41) is 0. The van der Waals surface area contributed by atoms with Crippen molar-refractivity contribution < 1.29 is 13.6 Å². The van der Waals surface area contributed by atoms with Crippen LogP contribution < -0.4 is 0 Å². The Morgan fingerprint density at radius 1 is 0.721 bits per heavy atom. The standard InChI is InChI=1S/C37H33F2N3O/c38-31-15-11-29(12-16-31)37(30-13-17-32(39)18-14-30)35(43)42(34(40-37)28-8-2-1-3-9-28)24-6-23-41-25-21-36(22-26-41)20-19-27-7-4-5-10-33(27)36/h1-5,7-20H,6,21-26H2. The van der Waals surface area contributed by atoms with Crippen molar-refractivity contribution in [2.45, 2.75) is 30.2 Å². The first-order chi connectivity index (χ1) is 21.0. The van der Waals surface area contributed by atoms with Gasteiger partial charge in [0.25, 0.3) is 5.91 Å². The number of rotatable bonds is 7. The van der Waals surface area contributed by atoms with Crippen LogP contribution >= 0.6 is 0 Å². The third-order valence-corrected chi connectivity index (χ3v) is 9.32. The summed E-state index contributed by atoms with van der Waals surface area (Å²) < 4.78 is 28.0. The molecule has 0 radical (unpaired) electrons. The lowest BCUT2D eigenvalue weighted by atomic mass is 9.74. The normalized spacial score (nSPS) is 18.7. The molecular weight excluding hydrogens is 540 g/mol. The molecule has 43 heavy (non-hydrogen) atoms. The Hall–Kier alpha value is -4.42. The first-order valence-electron chi connectivity index (χ1n) is 15.0. The van der Waals surface area contributed by atoms with Gasteiger partial charge in [0.1, 0.15) is 17.5 Å². The van der Waals surface area contributed by atoms with Crippen LogP contribution in [0.1, 0.15) is 47.1 Å². The van der Waals surface area contributed by atoms with Gasteiger partial charge in [-0.3, -0.25) is 9.69 Å². The van der Waals surface area contributed by atoms with Crippen molar-refractivity contribution in [3.8, 4) is 0 Å². The number of carbonyl (C=O) groups is 1. The monoisotopic (exact) mass is 573 g/mol. The van der Waals surface area contributed by atoms with Crippen LogP contribution in [-0.4, -0.2) is 47.7 Å². The molecule has 6 heteroatoms. The Labute approximate surface area is 251 Å². The number of hydrogen-bond acceptors (Lipinski definition) is 3. The summed E-state index contributed by atoms with van der Waals surface area (Å²) in [6.45, 7) is 3.36. The maximum Gasteiger partial charge on any atom is 0.265 e. The smallest absolute Gasteiger partial charge is 0.265 e. The molecule has 4 aromatic rings. The van der Waals surface area contributed by atoms with E-state index in [0.29, 0.717) is 23.5 Å². The number of amides is 1. The molecule has 2 heterocycles. The fraction of sp³-hybridized carbons (Fsp3) is 0.243. The lowest BCUT2D eigenvalue weighted by molar-refractivity contribution is -0.130. The highest BCUT2D eigenvalue weighted by Gasteiger charge is 2.51. The number of benzene rings is 4. The summed E-state index contributed by atoms with van der Waals surface area (Å²) in [5.41, 5.74) is 3.40. The Kier molecular flexibility index (Phi) is 7.02. The van der Waals surface area contributed by atoms with Gasteiger partial charge in [0, 0.05) is 17.5 Å². The van der Waals surface area contributed by atoms with Gasteiger partial charge in [-0.25, -0.2) is 13.8 Å². The van der Waals surface area contributed by atoms with Crippen molar-refractivity contribution in [2.24, 2.45) is 4.99 Å². The highest BCUT2D eigenvalue weighted by atomic mass is 19.1. The molecule has 7 rings (SSSR count). The molecule has 0 N–H and O–H groups in total. The van der Waals surface area contributed by atoms with Crippen molar-refractivity contribution in [1.82, 2.24) is 9.80 Å². The zero-order chi connectivity index (χ0) is 29.4. The SMILES string of the molecule is O=C1N(CCCN2CCC3(C=Cc4ccccc43)CC2)C(c2ccccc2)=NC1(c1ccc(F)cc1)c1ccc(F)cc1.